The maximum Gasteiger partial charge on any atom is 0.317 e. The minimum absolute atomic E-state index is 0.0282. The molecule has 1 saturated heterocycles. The fourth-order valence-electron chi connectivity index (χ4n) is 6.10. The first-order valence-corrected chi connectivity index (χ1v) is 14.3. The molecule has 7 nitrogen and oxygen atoms in total. The highest BCUT2D eigenvalue weighted by atomic mass is 35.5. The van der Waals surface area contributed by atoms with Crippen molar-refractivity contribution in [1.29, 1.82) is 0 Å². The molecule has 0 spiro atoms. The number of ether oxygens (including phenoxy) is 1. The Morgan fingerprint density at radius 2 is 2.03 bits per heavy atom. The second kappa shape index (κ2) is 14.6. The highest BCUT2D eigenvalue weighted by Crippen LogP contribution is 2.42. The Kier molecular flexibility index (Phi) is 11.9. The van der Waals surface area contributed by atoms with Gasteiger partial charge in [0.25, 0.3) is 0 Å². The molecule has 4 atom stereocenters. The third-order valence-corrected chi connectivity index (χ3v) is 8.58. The van der Waals surface area contributed by atoms with Gasteiger partial charge in [0.05, 0.1) is 22.8 Å². The van der Waals surface area contributed by atoms with Gasteiger partial charge in [-0.1, -0.05) is 55.8 Å². The van der Waals surface area contributed by atoms with Gasteiger partial charge in [0, 0.05) is 44.8 Å². The van der Waals surface area contributed by atoms with Crippen molar-refractivity contribution in [3.63, 3.8) is 0 Å². The van der Waals surface area contributed by atoms with E-state index in [4.69, 9.17) is 22.1 Å². The molecule has 3 rings (SSSR count). The largest absolute Gasteiger partial charge is 0.390 e. The SMILES string of the molecule is COCCCC[C@@](O)(c1cccc(Cl)c1F)[C@@H]1CCCN(C(=O)N[C@@H](CC2CCCCC2)[C@@H](O)CN)C1. The van der Waals surface area contributed by atoms with Gasteiger partial charge in [-0.2, -0.15) is 0 Å². The number of hydrogen-bond acceptors (Lipinski definition) is 5. The molecular weight excluding hydrogens is 497 g/mol. The Labute approximate surface area is 225 Å². The Morgan fingerprint density at radius 1 is 1.27 bits per heavy atom. The lowest BCUT2D eigenvalue weighted by atomic mass is 9.74. The normalized spacial score (nSPS) is 22.3. The number of nitrogens with one attached hydrogen (secondary N) is 1. The van der Waals surface area contributed by atoms with Crippen LogP contribution in [0.15, 0.2) is 18.2 Å². The van der Waals surface area contributed by atoms with Crippen LogP contribution < -0.4 is 11.1 Å². The van der Waals surface area contributed by atoms with Gasteiger partial charge in [0.2, 0.25) is 0 Å². The molecule has 0 bridgehead atoms. The Morgan fingerprint density at radius 3 is 2.73 bits per heavy atom. The molecule has 0 unspecified atom stereocenters. The summed E-state index contributed by atoms with van der Waals surface area (Å²) in [6.07, 6.45) is 8.77. The zero-order chi connectivity index (χ0) is 26.8. The number of rotatable bonds is 12. The first kappa shape index (κ1) is 30.1. The number of urea groups is 1. The van der Waals surface area contributed by atoms with E-state index >= 15 is 4.39 Å². The van der Waals surface area contributed by atoms with Gasteiger partial charge in [-0.05, 0) is 50.5 Å². The number of hydrogen-bond donors (Lipinski definition) is 4. The summed E-state index contributed by atoms with van der Waals surface area (Å²) in [6.45, 7) is 1.46. The molecule has 0 radical (unpaired) electrons. The van der Waals surface area contributed by atoms with Crippen molar-refractivity contribution in [3.8, 4) is 0 Å². The van der Waals surface area contributed by atoms with E-state index in [1.165, 1.54) is 25.3 Å². The van der Waals surface area contributed by atoms with Crippen LogP contribution in [-0.4, -0.2) is 66.6 Å². The molecule has 1 aliphatic heterocycles. The number of amides is 2. The average molecular weight is 542 g/mol. The molecule has 2 amide bonds. The third-order valence-electron chi connectivity index (χ3n) is 8.29. The average Bonchev–Trinajstić information content (AvgIpc) is 2.92. The standard InChI is InChI=1S/C28H45ClFN3O4/c1-37-16-6-5-14-28(36,22-12-7-13-23(29)26(22)30)21-11-8-15-33(19-21)27(35)32-24(25(34)18-31)17-20-9-3-2-4-10-20/h7,12-13,20-21,24-25,34,36H,2-6,8-11,14-19,31H2,1H3,(H,32,35)/t21-,24+,25+,28+/m1/s1. The molecule has 1 heterocycles. The number of likely N-dealkylation sites (tertiary alicyclic amines) is 1. The molecule has 2 aliphatic rings. The lowest BCUT2D eigenvalue weighted by molar-refractivity contribution is -0.0589. The summed E-state index contributed by atoms with van der Waals surface area (Å²) >= 11 is 6.09. The maximum absolute atomic E-state index is 15.2. The Bertz CT molecular complexity index is 857. The summed E-state index contributed by atoms with van der Waals surface area (Å²) in [5.74, 6) is -0.505. The van der Waals surface area contributed by atoms with Crippen LogP contribution >= 0.6 is 11.6 Å². The van der Waals surface area contributed by atoms with E-state index in [1.54, 1.807) is 24.1 Å². The zero-order valence-electron chi connectivity index (χ0n) is 22.1. The summed E-state index contributed by atoms with van der Waals surface area (Å²) in [5.41, 5.74) is 4.47. The molecule has 1 aromatic carbocycles. The highest BCUT2D eigenvalue weighted by Gasteiger charge is 2.43. The number of nitrogens with two attached hydrogens (primary N) is 1. The molecule has 1 saturated carbocycles. The quantitative estimate of drug-likeness (QED) is 0.290. The van der Waals surface area contributed by atoms with Crippen LogP contribution in [0.2, 0.25) is 5.02 Å². The van der Waals surface area contributed by atoms with Crippen LogP contribution in [0.5, 0.6) is 0 Å². The topological polar surface area (TPSA) is 108 Å². The molecule has 5 N–H and O–H groups in total. The van der Waals surface area contributed by atoms with E-state index in [2.05, 4.69) is 5.32 Å². The van der Waals surface area contributed by atoms with Crippen molar-refractivity contribution < 1.29 is 24.1 Å². The Balaban J connectivity index is 1.74. The van der Waals surface area contributed by atoms with Crippen molar-refractivity contribution in [1.82, 2.24) is 10.2 Å². The summed E-state index contributed by atoms with van der Waals surface area (Å²) < 4.78 is 20.3. The Hall–Kier alpha value is -1.45. The maximum atomic E-state index is 15.2. The lowest BCUT2D eigenvalue weighted by Gasteiger charge is -2.43. The molecule has 37 heavy (non-hydrogen) atoms. The molecule has 1 aliphatic carbocycles. The number of aliphatic hydroxyl groups is 2. The number of carbonyl (C=O) groups is 1. The molecule has 1 aromatic rings. The van der Waals surface area contributed by atoms with E-state index in [1.807, 2.05) is 0 Å². The predicted molar refractivity (Wildman–Crippen MR) is 144 cm³/mol. The molecule has 9 heteroatoms. The minimum atomic E-state index is -1.47. The summed E-state index contributed by atoms with van der Waals surface area (Å²) in [5, 5.41) is 25.6. The number of piperidine rings is 1. The summed E-state index contributed by atoms with van der Waals surface area (Å²) in [6, 6.07) is 4.03. The second-order valence-corrected chi connectivity index (χ2v) is 11.3. The lowest BCUT2D eigenvalue weighted by Crippen LogP contribution is -2.55. The van der Waals surface area contributed by atoms with Gasteiger partial charge in [-0.25, -0.2) is 9.18 Å². The summed E-state index contributed by atoms with van der Waals surface area (Å²) in [7, 11) is 1.63. The first-order chi connectivity index (χ1) is 17.8. The van der Waals surface area contributed by atoms with Crippen LogP contribution in [0.3, 0.4) is 0 Å². The number of carbonyl (C=O) groups excluding carboxylic acids is 1. The van der Waals surface area contributed by atoms with Gasteiger partial charge in [-0.15, -0.1) is 0 Å². The van der Waals surface area contributed by atoms with Gasteiger partial charge >= 0.3 is 6.03 Å². The predicted octanol–water partition coefficient (Wildman–Crippen LogP) is 4.56. The van der Waals surface area contributed by atoms with Gasteiger partial charge in [0.1, 0.15) is 5.82 Å². The molecular formula is C28H45ClFN3O4. The first-order valence-electron chi connectivity index (χ1n) is 13.9. The smallest absolute Gasteiger partial charge is 0.317 e. The van der Waals surface area contributed by atoms with Gasteiger partial charge < -0.3 is 30.9 Å². The number of aliphatic hydroxyl groups excluding tert-OH is 1. The van der Waals surface area contributed by atoms with Crippen molar-refractivity contribution >= 4 is 17.6 Å². The van der Waals surface area contributed by atoms with Crippen LogP contribution in [0.25, 0.3) is 0 Å². The van der Waals surface area contributed by atoms with Crippen molar-refractivity contribution in [2.75, 3.05) is 33.4 Å². The van der Waals surface area contributed by atoms with Crippen LogP contribution in [-0.2, 0) is 10.3 Å². The number of benzene rings is 1. The third kappa shape index (κ3) is 8.02. The van der Waals surface area contributed by atoms with E-state index in [-0.39, 0.29) is 35.6 Å². The molecule has 210 valence electrons. The number of nitrogens with zero attached hydrogens (tertiary/aromatic N) is 1. The molecule has 2 fully saturated rings. The summed E-state index contributed by atoms with van der Waals surface area (Å²) in [4.78, 5) is 15.1. The minimum Gasteiger partial charge on any atom is -0.390 e. The van der Waals surface area contributed by atoms with Crippen LogP contribution in [0.1, 0.15) is 76.2 Å². The van der Waals surface area contributed by atoms with Crippen LogP contribution in [0.4, 0.5) is 9.18 Å². The second-order valence-electron chi connectivity index (χ2n) is 10.9. The van der Waals surface area contributed by atoms with E-state index in [9.17, 15) is 15.0 Å². The van der Waals surface area contributed by atoms with Crippen LogP contribution in [0, 0.1) is 17.7 Å². The van der Waals surface area contributed by atoms with Gasteiger partial charge in [-0.3, -0.25) is 0 Å². The van der Waals surface area contributed by atoms with E-state index < -0.39 is 23.6 Å². The highest BCUT2D eigenvalue weighted by molar-refractivity contribution is 6.30. The monoisotopic (exact) mass is 541 g/mol. The zero-order valence-corrected chi connectivity index (χ0v) is 22.9. The van der Waals surface area contributed by atoms with Crippen molar-refractivity contribution in [2.24, 2.45) is 17.6 Å². The van der Waals surface area contributed by atoms with Crippen molar-refractivity contribution in [2.45, 2.75) is 88.4 Å². The number of halogens is 2. The number of unbranched alkanes of at least 4 members (excludes halogenated alkanes) is 1. The van der Waals surface area contributed by atoms with E-state index in [0.29, 0.717) is 51.2 Å². The molecule has 0 aromatic heterocycles. The fraction of sp³-hybridized carbons (Fsp3) is 0.750. The van der Waals surface area contributed by atoms with E-state index in [0.717, 1.165) is 19.3 Å². The fourth-order valence-corrected chi connectivity index (χ4v) is 6.27. The number of methoxy groups -OCH3 is 1. The van der Waals surface area contributed by atoms with Crippen molar-refractivity contribution in [3.05, 3.63) is 34.6 Å². The van der Waals surface area contributed by atoms with Gasteiger partial charge in [0.15, 0.2) is 0 Å².